The van der Waals surface area contributed by atoms with Crippen LogP contribution in [0.25, 0.3) is 0 Å². The van der Waals surface area contributed by atoms with E-state index in [0.717, 1.165) is 6.42 Å². The van der Waals surface area contributed by atoms with Crippen LogP contribution in [0.5, 0.6) is 0 Å². The molecule has 1 N–H and O–H groups in total. The molecule has 0 aliphatic heterocycles. The molecule has 1 aromatic carbocycles. The highest BCUT2D eigenvalue weighted by Crippen LogP contribution is 2.18. The van der Waals surface area contributed by atoms with Gasteiger partial charge in [0.25, 0.3) is 0 Å². The lowest BCUT2D eigenvalue weighted by Crippen LogP contribution is -2.34. The summed E-state index contributed by atoms with van der Waals surface area (Å²) in [6.45, 7) is 3.77. The third-order valence-electron chi connectivity index (χ3n) is 3.17. The summed E-state index contributed by atoms with van der Waals surface area (Å²) in [7, 11) is -1.96. The van der Waals surface area contributed by atoms with E-state index in [-0.39, 0.29) is 17.4 Å². The van der Waals surface area contributed by atoms with Crippen molar-refractivity contribution in [2.24, 2.45) is 0 Å². The molecule has 0 aliphatic rings. The zero-order chi connectivity index (χ0) is 14.6. The molecule has 0 spiro atoms. The molecule has 0 aromatic heterocycles. The zero-order valence-corrected chi connectivity index (χ0v) is 12.1. The maximum absolute atomic E-state index is 12.3. The Labute approximate surface area is 113 Å². The third-order valence-corrected chi connectivity index (χ3v) is 5.15. The number of hydrogen-bond donors (Lipinski definition) is 1. The van der Waals surface area contributed by atoms with Crippen molar-refractivity contribution < 1.29 is 18.3 Å². The minimum Gasteiger partial charge on any atom is -0.481 e. The first-order valence-electron chi connectivity index (χ1n) is 6.07. The number of nitrogens with zero attached hydrogens (tertiary/aromatic N) is 1. The Morgan fingerprint density at radius 1 is 1.32 bits per heavy atom. The first-order valence-corrected chi connectivity index (χ1v) is 7.51. The van der Waals surface area contributed by atoms with Crippen LogP contribution in [0.15, 0.2) is 29.2 Å². The van der Waals surface area contributed by atoms with E-state index < -0.39 is 16.0 Å². The molecule has 0 fully saturated rings. The molecule has 1 rings (SSSR count). The highest BCUT2D eigenvalue weighted by atomic mass is 32.2. The van der Waals surface area contributed by atoms with Crippen molar-refractivity contribution >= 4 is 16.0 Å². The van der Waals surface area contributed by atoms with Gasteiger partial charge in [0.15, 0.2) is 0 Å². The lowest BCUT2D eigenvalue weighted by Gasteiger charge is -2.23. The summed E-state index contributed by atoms with van der Waals surface area (Å²) in [4.78, 5) is 10.7. The van der Waals surface area contributed by atoms with E-state index in [1.54, 1.807) is 7.05 Å². The molecular weight excluding hydrogens is 266 g/mol. The fraction of sp³-hybridized carbons (Fsp3) is 0.462. The first kappa shape index (κ1) is 15.7. The number of sulfonamides is 1. The van der Waals surface area contributed by atoms with E-state index in [9.17, 15) is 13.2 Å². The van der Waals surface area contributed by atoms with Crippen molar-refractivity contribution in [2.45, 2.75) is 37.6 Å². The summed E-state index contributed by atoms with van der Waals surface area (Å²) in [5.74, 6) is -0.938. The zero-order valence-electron chi connectivity index (χ0n) is 11.3. The Morgan fingerprint density at radius 3 is 2.26 bits per heavy atom. The highest BCUT2D eigenvalue weighted by Gasteiger charge is 2.24. The van der Waals surface area contributed by atoms with Crippen LogP contribution < -0.4 is 0 Å². The molecule has 6 heteroatoms. The van der Waals surface area contributed by atoms with Crippen LogP contribution in [-0.4, -0.2) is 36.9 Å². The van der Waals surface area contributed by atoms with Crippen LogP contribution in [0.1, 0.15) is 25.8 Å². The SMILES string of the molecule is CCC(C)N(C)S(=O)(=O)c1ccc(CC(=O)O)cc1. The second kappa shape index (κ2) is 6.16. The van der Waals surface area contributed by atoms with Gasteiger partial charge in [0, 0.05) is 13.1 Å². The van der Waals surface area contributed by atoms with Gasteiger partial charge in [-0.05, 0) is 31.0 Å². The molecule has 0 radical (unpaired) electrons. The van der Waals surface area contributed by atoms with Gasteiger partial charge in [-0.25, -0.2) is 8.42 Å². The second-order valence-corrected chi connectivity index (χ2v) is 6.49. The van der Waals surface area contributed by atoms with Gasteiger partial charge in [-0.2, -0.15) is 4.31 Å². The molecule has 1 aromatic rings. The molecule has 0 saturated heterocycles. The first-order chi connectivity index (χ1) is 8.78. The minimum absolute atomic E-state index is 0.0799. The third kappa shape index (κ3) is 3.78. The van der Waals surface area contributed by atoms with Gasteiger partial charge in [0.05, 0.1) is 11.3 Å². The van der Waals surface area contributed by atoms with Crippen molar-refractivity contribution in [3.05, 3.63) is 29.8 Å². The Morgan fingerprint density at radius 2 is 1.84 bits per heavy atom. The Bertz CT molecular complexity index is 536. The van der Waals surface area contributed by atoms with Gasteiger partial charge in [-0.1, -0.05) is 19.1 Å². The highest BCUT2D eigenvalue weighted by molar-refractivity contribution is 7.89. The summed E-state index contributed by atoms with van der Waals surface area (Å²) in [6.07, 6.45) is 0.619. The van der Waals surface area contributed by atoms with Crippen molar-refractivity contribution in [2.75, 3.05) is 7.05 Å². The van der Waals surface area contributed by atoms with Gasteiger partial charge in [-0.15, -0.1) is 0 Å². The van der Waals surface area contributed by atoms with Gasteiger partial charge in [0.2, 0.25) is 10.0 Å². The van der Waals surface area contributed by atoms with E-state index in [2.05, 4.69) is 0 Å². The summed E-state index contributed by atoms with van der Waals surface area (Å²) >= 11 is 0. The Kier molecular flexibility index (Phi) is 5.08. The number of carboxylic acids is 1. The van der Waals surface area contributed by atoms with Crippen LogP contribution in [0.4, 0.5) is 0 Å². The van der Waals surface area contributed by atoms with E-state index in [0.29, 0.717) is 5.56 Å². The van der Waals surface area contributed by atoms with E-state index >= 15 is 0 Å². The van der Waals surface area contributed by atoms with Crippen molar-refractivity contribution in [1.82, 2.24) is 4.31 Å². The molecular formula is C13H19NO4S. The van der Waals surface area contributed by atoms with Crippen LogP contribution in [0.3, 0.4) is 0 Å². The second-order valence-electron chi connectivity index (χ2n) is 4.49. The van der Waals surface area contributed by atoms with Gasteiger partial charge < -0.3 is 5.11 Å². The molecule has 5 nitrogen and oxygen atoms in total. The number of carbonyl (C=O) groups is 1. The van der Waals surface area contributed by atoms with Crippen LogP contribution in [0.2, 0.25) is 0 Å². The predicted molar refractivity (Wildman–Crippen MR) is 72.5 cm³/mol. The normalized spacial score (nSPS) is 13.5. The number of rotatable bonds is 6. The minimum atomic E-state index is -3.51. The molecule has 0 heterocycles. The smallest absolute Gasteiger partial charge is 0.307 e. The van der Waals surface area contributed by atoms with Gasteiger partial charge in [-0.3, -0.25) is 4.79 Å². The van der Waals surface area contributed by atoms with E-state index in [4.69, 9.17) is 5.11 Å². The standard InChI is InChI=1S/C13H19NO4S/c1-4-10(2)14(3)19(17,18)12-7-5-11(6-8-12)9-13(15)16/h5-8,10H,4,9H2,1-3H3,(H,15,16). The molecule has 106 valence electrons. The largest absolute Gasteiger partial charge is 0.481 e. The van der Waals surface area contributed by atoms with Crippen LogP contribution in [-0.2, 0) is 21.2 Å². The van der Waals surface area contributed by atoms with Gasteiger partial charge in [0.1, 0.15) is 0 Å². The maximum atomic E-state index is 12.3. The lowest BCUT2D eigenvalue weighted by atomic mass is 10.2. The van der Waals surface area contributed by atoms with Crippen LogP contribution in [0, 0.1) is 0 Å². The average Bonchev–Trinajstić information content (AvgIpc) is 2.36. The molecule has 0 saturated carbocycles. The molecule has 0 bridgehead atoms. The molecule has 1 atom stereocenters. The summed E-state index contributed by atoms with van der Waals surface area (Å²) in [6, 6.07) is 5.89. The van der Waals surface area contributed by atoms with E-state index in [1.807, 2.05) is 13.8 Å². The van der Waals surface area contributed by atoms with Gasteiger partial charge >= 0.3 is 5.97 Å². The monoisotopic (exact) mass is 285 g/mol. The summed E-state index contributed by atoms with van der Waals surface area (Å²) in [5, 5.41) is 8.66. The molecule has 19 heavy (non-hydrogen) atoms. The number of benzene rings is 1. The quantitative estimate of drug-likeness (QED) is 0.863. The maximum Gasteiger partial charge on any atom is 0.307 e. The molecule has 1 unspecified atom stereocenters. The van der Waals surface area contributed by atoms with E-state index in [1.165, 1.54) is 28.6 Å². The van der Waals surface area contributed by atoms with Crippen molar-refractivity contribution in [3.63, 3.8) is 0 Å². The topological polar surface area (TPSA) is 74.7 Å². The van der Waals surface area contributed by atoms with Crippen molar-refractivity contribution in [3.8, 4) is 0 Å². The lowest BCUT2D eigenvalue weighted by molar-refractivity contribution is -0.136. The predicted octanol–water partition coefficient (Wildman–Crippen LogP) is 1.73. The average molecular weight is 285 g/mol. The van der Waals surface area contributed by atoms with Crippen molar-refractivity contribution in [1.29, 1.82) is 0 Å². The number of carboxylic acid groups (broad SMARTS) is 1. The summed E-state index contributed by atoms with van der Waals surface area (Å²) < 4.78 is 25.9. The Balaban J connectivity index is 3.00. The molecule has 0 amide bonds. The fourth-order valence-corrected chi connectivity index (χ4v) is 3.05. The number of aliphatic carboxylic acids is 1. The Hall–Kier alpha value is -1.40. The summed E-state index contributed by atoms with van der Waals surface area (Å²) in [5.41, 5.74) is 0.581. The fourth-order valence-electron chi connectivity index (χ4n) is 1.61. The molecule has 0 aliphatic carbocycles. The van der Waals surface area contributed by atoms with Crippen LogP contribution >= 0.6 is 0 Å². The number of hydrogen-bond acceptors (Lipinski definition) is 3.